The Labute approximate surface area is 141 Å². The van der Waals surface area contributed by atoms with Crippen molar-refractivity contribution in [1.82, 2.24) is 15.2 Å². The Morgan fingerprint density at radius 2 is 2.21 bits per heavy atom. The third-order valence-electron chi connectivity index (χ3n) is 4.36. The average Bonchev–Trinajstić information content (AvgIpc) is 3.03. The monoisotopic (exact) mass is 329 g/mol. The molecule has 1 aliphatic heterocycles. The van der Waals surface area contributed by atoms with E-state index >= 15 is 0 Å². The summed E-state index contributed by atoms with van der Waals surface area (Å²) in [4.78, 5) is 18.0. The van der Waals surface area contributed by atoms with Crippen molar-refractivity contribution in [3.63, 3.8) is 0 Å². The SMILES string of the molecule is CNC(=O)CC1(O)CCCN(Cc2cnc(-c3ccccc3)o2)C1. The second-order valence-electron chi connectivity index (χ2n) is 6.39. The number of aromatic nitrogens is 1. The van der Waals surface area contributed by atoms with Crippen molar-refractivity contribution in [1.29, 1.82) is 0 Å². The number of benzene rings is 1. The lowest BCUT2D eigenvalue weighted by atomic mass is 9.89. The molecule has 1 fully saturated rings. The zero-order valence-electron chi connectivity index (χ0n) is 13.9. The normalized spacial score (nSPS) is 21.6. The molecule has 0 saturated carbocycles. The summed E-state index contributed by atoms with van der Waals surface area (Å²) in [5.41, 5.74) is -0.0285. The number of oxazole rings is 1. The fourth-order valence-corrected chi connectivity index (χ4v) is 3.19. The highest BCUT2D eigenvalue weighted by Crippen LogP contribution is 2.26. The molecule has 1 aromatic heterocycles. The van der Waals surface area contributed by atoms with Crippen LogP contribution in [0.5, 0.6) is 0 Å². The first kappa shape index (κ1) is 16.7. The fourth-order valence-electron chi connectivity index (χ4n) is 3.19. The number of nitrogens with zero attached hydrogens (tertiary/aromatic N) is 2. The van der Waals surface area contributed by atoms with Gasteiger partial charge in [-0.2, -0.15) is 0 Å². The molecular formula is C18H23N3O3. The highest BCUT2D eigenvalue weighted by Gasteiger charge is 2.35. The van der Waals surface area contributed by atoms with E-state index in [0.717, 1.165) is 24.3 Å². The molecular weight excluding hydrogens is 306 g/mol. The zero-order chi connectivity index (χ0) is 17.0. The van der Waals surface area contributed by atoms with Crippen molar-refractivity contribution in [3.8, 4) is 11.5 Å². The molecule has 24 heavy (non-hydrogen) atoms. The summed E-state index contributed by atoms with van der Waals surface area (Å²) < 4.78 is 5.83. The Balaban J connectivity index is 1.64. The van der Waals surface area contributed by atoms with Gasteiger partial charge < -0.3 is 14.8 Å². The molecule has 1 amide bonds. The summed E-state index contributed by atoms with van der Waals surface area (Å²) in [7, 11) is 1.59. The maximum atomic E-state index is 11.6. The number of β-amino-alcohol motifs (C(OH)–C–C–N with tert-alkyl or cyclic N) is 1. The van der Waals surface area contributed by atoms with Gasteiger partial charge in [-0.15, -0.1) is 0 Å². The number of likely N-dealkylation sites (tertiary alicyclic amines) is 1. The summed E-state index contributed by atoms with van der Waals surface area (Å²) in [6.45, 7) is 1.91. The van der Waals surface area contributed by atoms with Gasteiger partial charge in [-0.1, -0.05) is 18.2 Å². The summed E-state index contributed by atoms with van der Waals surface area (Å²) in [6, 6.07) is 9.76. The van der Waals surface area contributed by atoms with Crippen LogP contribution in [0.2, 0.25) is 0 Å². The van der Waals surface area contributed by atoms with Crippen molar-refractivity contribution in [3.05, 3.63) is 42.3 Å². The van der Waals surface area contributed by atoms with Crippen molar-refractivity contribution in [2.24, 2.45) is 0 Å². The minimum atomic E-state index is -0.972. The van der Waals surface area contributed by atoms with Crippen LogP contribution in [-0.2, 0) is 11.3 Å². The molecule has 0 bridgehead atoms. The van der Waals surface area contributed by atoms with Gasteiger partial charge in [0, 0.05) is 19.2 Å². The van der Waals surface area contributed by atoms with E-state index < -0.39 is 5.60 Å². The van der Waals surface area contributed by atoms with E-state index in [2.05, 4.69) is 15.2 Å². The van der Waals surface area contributed by atoms with Gasteiger partial charge in [0.15, 0.2) is 0 Å². The van der Waals surface area contributed by atoms with Crippen LogP contribution in [0.3, 0.4) is 0 Å². The Bertz CT molecular complexity index is 686. The summed E-state index contributed by atoms with van der Waals surface area (Å²) >= 11 is 0. The topological polar surface area (TPSA) is 78.6 Å². The predicted molar refractivity (Wildman–Crippen MR) is 90.1 cm³/mol. The van der Waals surface area contributed by atoms with E-state index in [9.17, 15) is 9.90 Å². The van der Waals surface area contributed by atoms with E-state index in [1.54, 1.807) is 13.2 Å². The number of nitrogens with one attached hydrogen (secondary N) is 1. The lowest BCUT2D eigenvalue weighted by Gasteiger charge is -2.38. The number of carbonyl (C=O) groups excluding carboxylic acids is 1. The third kappa shape index (κ3) is 4.01. The first-order valence-corrected chi connectivity index (χ1v) is 8.23. The molecule has 2 N–H and O–H groups in total. The van der Waals surface area contributed by atoms with Crippen molar-refractivity contribution in [2.75, 3.05) is 20.1 Å². The van der Waals surface area contributed by atoms with Crippen molar-refractivity contribution < 1.29 is 14.3 Å². The lowest BCUT2D eigenvalue weighted by molar-refractivity contribution is -0.128. The predicted octanol–water partition coefficient (Wildman–Crippen LogP) is 1.80. The van der Waals surface area contributed by atoms with Crippen LogP contribution in [0.4, 0.5) is 0 Å². The number of aliphatic hydroxyl groups is 1. The Kier molecular flexibility index (Phi) is 4.97. The molecule has 2 aromatic rings. The van der Waals surface area contributed by atoms with Gasteiger partial charge >= 0.3 is 0 Å². The van der Waals surface area contributed by atoms with Crippen LogP contribution in [-0.4, -0.2) is 46.6 Å². The second kappa shape index (κ2) is 7.15. The molecule has 6 nitrogen and oxygen atoms in total. The summed E-state index contributed by atoms with van der Waals surface area (Å²) in [5, 5.41) is 13.2. The largest absolute Gasteiger partial charge is 0.440 e. The number of amides is 1. The van der Waals surface area contributed by atoms with E-state index in [4.69, 9.17) is 4.42 Å². The smallest absolute Gasteiger partial charge is 0.226 e. The van der Waals surface area contributed by atoms with E-state index in [0.29, 0.717) is 25.4 Å². The third-order valence-corrected chi connectivity index (χ3v) is 4.36. The van der Waals surface area contributed by atoms with E-state index in [1.165, 1.54) is 0 Å². The number of rotatable bonds is 5. The zero-order valence-corrected chi connectivity index (χ0v) is 13.9. The number of piperidine rings is 1. The Morgan fingerprint density at radius 1 is 1.42 bits per heavy atom. The molecule has 1 aromatic carbocycles. The fraction of sp³-hybridized carbons (Fsp3) is 0.444. The molecule has 0 radical (unpaired) electrons. The summed E-state index contributed by atoms with van der Waals surface area (Å²) in [5.74, 6) is 1.23. The highest BCUT2D eigenvalue weighted by atomic mass is 16.4. The molecule has 128 valence electrons. The average molecular weight is 329 g/mol. The minimum Gasteiger partial charge on any atom is -0.440 e. The highest BCUT2D eigenvalue weighted by molar-refractivity contribution is 5.76. The molecule has 6 heteroatoms. The molecule has 1 atom stereocenters. The van der Waals surface area contributed by atoms with Crippen LogP contribution in [0.1, 0.15) is 25.0 Å². The van der Waals surface area contributed by atoms with Gasteiger partial charge in [-0.05, 0) is 31.5 Å². The first-order valence-electron chi connectivity index (χ1n) is 8.23. The molecule has 0 spiro atoms. The molecule has 1 saturated heterocycles. The molecule has 0 aliphatic carbocycles. The summed E-state index contributed by atoms with van der Waals surface area (Å²) in [6.07, 6.45) is 3.36. The number of hydrogen-bond donors (Lipinski definition) is 2. The Morgan fingerprint density at radius 3 is 2.96 bits per heavy atom. The maximum absolute atomic E-state index is 11.6. The number of hydrogen-bond acceptors (Lipinski definition) is 5. The van der Waals surface area contributed by atoms with Gasteiger partial charge in [0.25, 0.3) is 0 Å². The van der Waals surface area contributed by atoms with Crippen LogP contribution in [0, 0.1) is 0 Å². The van der Waals surface area contributed by atoms with Gasteiger partial charge in [0.1, 0.15) is 5.76 Å². The number of carbonyl (C=O) groups is 1. The van der Waals surface area contributed by atoms with Crippen molar-refractivity contribution in [2.45, 2.75) is 31.4 Å². The van der Waals surface area contributed by atoms with E-state index in [1.807, 2.05) is 30.3 Å². The maximum Gasteiger partial charge on any atom is 0.226 e. The molecule has 1 unspecified atom stereocenters. The van der Waals surface area contributed by atoms with Crippen molar-refractivity contribution >= 4 is 5.91 Å². The Hall–Kier alpha value is -2.18. The van der Waals surface area contributed by atoms with Gasteiger partial charge in [0.2, 0.25) is 11.8 Å². The molecule has 1 aliphatic rings. The van der Waals surface area contributed by atoms with Crippen LogP contribution >= 0.6 is 0 Å². The van der Waals surface area contributed by atoms with Gasteiger partial charge in [0.05, 0.1) is 24.8 Å². The minimum absolute atomic E-state index is 0.131. The van der Waals surface area contributed by atoms with Crippen LogP contribution in [0.25, 0.3) is 11.5 Å². The lowest BCUT2D eigenvalue weighted by Crippen LogP contribution is -2.49. The second-order valence-corrected chi connectivity index (χ2v) is 6.39. The first-order chi connectivity index (χ1) is 11.6. The standard InChI is InChI=1S/C18H23N3O3/c1-19-16(22)10-18(23)8-5-9-21(13-18)12-15-11-20-17(24-15)14-6-3-2-4-7-14/h2-4,6-7,11,23H,5,8-10,12-13H2,1H3,(H,19,22). The van der Waals surface area contributed by atoms with Crippen LogP contribution in [0.15, 0.2) is 40.9 Å². The van der Waals surface area contributed by atoms with Crippen LogP contribution < -0.4 is 5.32 Å². The quantitative estimate of drug-likeness (QED) is 0.874. The van der Waals surface area contributed by atoms with Gasteiger partial charge in [-0.3, -0.25) is 9.69 Å². The molecule has 3 rings (SSSR count). The van der Waals surface area contributed by atoms with Gasteiger partial charge in [-0.25, -0.2) is 4.98 Å². The van der Waals surface area contributed by atoms with E-state index in [-0.39, 0.29) is 12.3 Å². The molecule has 2 heterocycles.